The summed E-state index contributed by atoms with van der Waals surface area (Å²) in [4.78, 5) is 27.2. The zero-order chi connectivity index (χ0) is 15.6. The van der Waals surface area contributed by atoms with Gasteiger partial charge >= 0.3 is 0 Å². The minimum atomic E-state index is -0.778. The highest BCUT2D eigenvalue weighted by atomic mass is 16.5. The van der Waals surface area contributed by atoms with Crippen LogP contribution in [0.5, 0.6) is 0 Å². The van der Waals surface area contributed by atoms with Gasteiger partial charge in [-0.3, -0.25) is 9.59 Å². The van der Waals surface area contributed by atoms with E-state index < -0.39 is 5.54 Å². The number of hydrogen-bond donors (Lipinski definition) is 1. The molecule has 0 aromatic rings. The molecule has 21 heavy (non-hydrogen) atoms. The van der Waals surface area contributed by atoms with E-state index in [1.807, 2.05) is 20.8 Å². The van der Waals surface area contributed by atoms with Crippen LogP contribution in [0, 0.1) is 5.92 Å². The summed E-state index contributed by atoms with van der Waals surface area (Å²) in [5, 5.41) is 2.94. The van der Waals surface area contributed by atoms with Crippen LogP contribution in [0.3, 0.4) is 0 Å². The molecule has 0 aromatic carbocycles. The summed E-state index contributed by atoms with van der Waals surface area (Å²) in [6, 6.07) is -0.369. The lowest BCUT2D eigenvalue weighted by Gasteiger charge is -2.46. The summed E-state index contributed by atoms with van der Waals surface area (Å²) in [6.07, 6.45) is 3.56. The normalized spacial score (nSPS) is 35.0. The Hall–Kier alpha value is -1.10. The van der Waals surface area contributed by atoms with Gasteiger partial charge in [0.2, 0.25) is 11.8 Å². The Labute approximate surface area is 127 Å². The largest absolute Gasteiger partial charge is 0.376 e. The van der Waals surface area contributed by atoms with Gasteiger partial charge in [0.25, 0.3) is 0 Å². The standard InChI is InChI=1S/C16H28N2O3/c1-5-11(3)13-14(19)17-16(4,6-2)15(20)18(13)10-12-8-7-9-21-12/h11-13H,5-10H2,1-4H3,(H,17,19). The molecule has 2 heterocycles. The van der Waals surface area contributed by atoms with E-state index >= 15 is 0 Å². The van der Waals surface area contributed by atoms with Crippen molar-refractivity contribution in [1.82, 2.24) is 10.2 Å². The van der Waals surface area contributed by atoms with Crippen LogP contribution in [-0.2, 0) is 14.3 Å². The van der Waals surface area contributed by atoms with Crippen LogP contribution in [-0.4, -0.2) is 47.6 Å². The van der Waals surface area contributed by atoms with Crippen molar-refractivity contribution in [2.45, 2.75) is 71.1 Å². The van der Waals surface area contributed by atoms with Gasteiger partial charge in [0.05, 0.1) is 6.10 Å². The molecule has 2 saturated heterocycles. The van der Waals surface area contributed by atoms with Gasteiger partial charge in [-0.25, -0.2) is 0 Å². The molecule has 5 heteroatoms. The van der Waals surface area contributed by atoms with Gasteiger partial charge in [0.15, 0.2) is 0 Å². The fourth-order valence-electron chi connectivity index (χ4n) is 3.22. The van der Waals surface area contributed by atoms with Crippen molar-refractivity contribution in [2.24, 2.45) is 5.92 Å². The number of nitrogens with one attached hydrogen (secondary N) is 1. The van der Waals surface area contributed by atoms with Crippen LogP contribution < -0.4 is 5.32 Å². The lowest BCUT2D eigenvalue weighted by Crippen LogP contribution is -2.71. The number of rotatable bonds is 5. The summed E-state index contributed by atoms with van der Waals surface area (Å²) in [5.41, 5.74) is -0.778. The number of carbonyl (C=O) groups is 2. The maximum Gasteiger partial charge on any atom is 0.248 e. The Morgan fingerprint density at radius 1 is 1.43 bits per heavy atom. The molecule has 0 radical (unpaired) electrons. The quantitative estimate of drug-likeness (QED) is 0.840. The van der Waals surface area contributed by atoms with E-state index in [1.165, 1.54) is 0 Å². The zero-order valence-corrected chi connectivity index (χ0v) is 13.6. The third kappa shape index (κ3) is 3.07. The molecule has 4 atom stereocenters. The molecule has 4 unspecified atom stereocenters. The molecule has 1 N–H and O–H groups in total. The molecule has 0 aliphatic carbocycles. The van der Waals surface area contributed by atoms with Crippen LogP contribution in [0.4, 0.5) is 0 Å². The molecule has 120 valence electrons. The van der Waals surface area contributed by atoms with E-state index in [9.17, 15) is 9.59 Å². The molecule has 0 aromatic heterocycles. The van der Waals surface area contributed by atoms with Crippen LogP contribution in [0.2, 0.25) is 0 Å². The maximum absolute atomic E-state index is 12.9. The summed E-state index contributed by atoms with van der Waals surface area (Å²) in [7, 11) is 0. The third-order valence-corrected chi connectivity index (χ3v) is 5.05. The zero-order valence-electron chi connectivity index (χ0n) is 13.6. The molecule has 0 saturated carbocycles. The number of ether oxygens (including phenoxy) is 1. The Bertz CT molecular complexity index is 406. The molecule has 2 fully saturated rings. The van der Waals surface area contributed by atoms with Gasteiger partial charge in [-0.05, 0) is 32.1 Å². The predicted octanol–water partition coefficient (Wildman–Crippen LogP) is 1.71. The average molecular weight is 296 g/mol. The van der Waals surface area contributed by atoms with Crippen molar-refractivity contribution in [3.05, 3.63) is 0 Å². The third-order valence-electron chi connectivity index (χ3n) is 5.05. The van der Waals surface area contributed by atoms with Crippen molar-refractivity contribution in [1.29, 1.82) is 0 Å². The molecule has 0 spiro atoms. The fraction of sp³-hybridized carbons (Fsp3) is 0.875. The van der Waals surface area contributed by atoms with Gasteiger partial charge in [-0.1, -0.05) is 27.2 Å². The van der Waals surface area contributed by atoms with Crippen LogP contribution in [0.25, 0.3) is 0 Å². The number of hydrogen-bond acceptors (Lipinski definition) is 3. The highest BCUT2D eigenvalue weighted by molar-refractivity contribution is 5.99. The highest BCUT2D eigenvalue weighted by Gasteiger charge is 2.48. The first kappa shape index (κ1) is 16.3. The second-order valence-corrected chi connectivity index (χ2v) is 6.60. The first-order valence-corrected chi connectivity index (χ1v) is 8.17. The number of piperazine rings is 1. The lowest BCUT2D eigenvalue weighted by atomic mass is 9.86. The molecule has 5 nitrogen and oxygen atoms in total. The van der Waals surface area contributed by atoms with Crippen molar-refractivity contribution in [2.75, 3.05) is 13.2 Å². The van der Waals surface area contributed by atoms with E-state index in [2.05, 4.69) is 12.2 Å². The van der Waals surface area contributed by atoms with Gasteiger partial charge in [0, 0.05) is 13.2 Å². The summed E-state index contributed by atoms with van der Waals surface area (Å²) >= 11 is 0. The number of nitrogens with zero attached hydrogens (tertiary/aromatic N) is 1. The summed E-state index contributed by atoms with van der Waals surface area (Å²) in [6.45, 7) is 9.15. The molecule has 2 rings (SSSR count). The smallest absolute Gasteiger partial charge is 0.248 e. The lowest BCUT2D eigenvalue weighted by molar-refractivity contribution is -0.158. The Morgan fingerprint density at radius 3 is 2.67 bits per heavy atom. The molecule has 2 aliphatic heterocycles. The second kappa shape index (κ2) is 6.34. The van der Waals surface area contributed by atoms with Crippen molar-refractivity contribution in [3.63, 3.8) is 0 Å². The van der Waals surface area contributed by atoms with Crippen LogP contribution >= 0.6 is 0 Å². The van der Waals surface area contributed by atoms with E-state index in [1.54, 1.807) is 4.90 Å². The number of amides is 2. The van der Waals surface area contributed by atoms with Gasteiger partial charge in [0.1, 0.15) is 11.6 Å². The Morgan fingerprint density at radius 2 is 2.14 bits per heavy atom. The minimum Gasteiger partial charge on any atom is -0.376 e. The van der Waals surface area contributed by atoms with Crippen molar-refractivity contribution in [3.8, 4) is 0 Å². The van der Waals surface area contributed by atoms with Crippen molar-refractivity contribution < 1.29 is 14.3 Å². The van der Waals surface area contributed by atoms with E-state index in [0.29, 0.717) is 13.0 Å². The SMILES string of the molecule is CCC(C)C1C(=O)NC(C)(CC)C(=O)N1CC1CCCO1. The minimum absolute atomic E-state index is 0.0219. The Balaban J connectivity index is 2.25. The predicted molar refractivity (Wildman–Crippen MR) is 80.8 cm³/mol. The van der Waals surface area contributed by atoms with Gasteiger partial charge < -0.3 is 15.0 Å². The van der Waals surface area contributed by atoms with E-state index in [0.717, 1.165) is 25.9 Å². The highest BCUT2D eigenvalue weighted by Crippen LogP contribution is 2.28. The molecule has 0 bridgehead atoms. The summed E-state index contributed by atoms with van der Waals surface area (Å²) in [5.74, 6) is 0.161. The van der Waals surface area contributed by atoms with Crippen LogP contribution in [0.15, 0.2) is 0 Å². The monoisotopic (exact) mass is 296 g/mol. The first-order chi connectivity index (χ1) is 9.92. The second-order valence-electron chi connectivity index (χ2n) is 6.60. The molecule has 2 aliphatic rings. The topological polar surface area (TPSA) is 58.6 Å². The molecular weight excluding hydrogens is 268 g/mol. The van der Waals surface area contributed by atoms with E-state index in [4.69, 9.17) is 4.74 Å². The van der Waals surface area contributed by atoms with Gasteiger partial charge in [-0.15, -0.1) is 0 Å². The summed E-state index contributed by atoms with van der Waals surface area (Å²) < 4.78 is 5.68. The molecular formula is C16H28N2O3. The van der Waals surface area contributed by atoms with Crippen molar-refractivity contribution >= 4 is 11.8 Å². The number of carbonyl (C=O) groups excluding carboxylic acids is 2. The van der Waals surface area contributed by atoms with Crippen LogP contribution in [0.1, 0.15) is 53.4 Å². The average Bonchev–Trinajstić information content (AvgIpc) is 2.97. The Kier molecular flexibility index (Phi) is 4.91. The van der Waals surface area contributed by atoms with E-state index in [-0.39, 0.29) is 29.9 Å². The molecule has 2 amide bonds. The fourth-order valence-corrected chi connectivity index (χ4v) is 3.22. The van der Waals surface area contributed by atoms with Gasteiger partial charge in [-0.2, -0.15) is 0 Å². The first-order valence-electron chi connectivity index (χ1n) is 8.17. The maximum atomic E-state index is 12.9.